The molecule has 6 nitrogen and oxygen atoms in total. The van der Waals surface area contributed by atoms with E-state index < -0.39 is 5.97 Å². The molecule has 3 rings (SSSR count). The van der Waals surface area contributed by atoms with Gasteiger partial charge in [0.15, 0.2) is 5.69 Å². The summed E-state index contributed by atoms with van der Waals surface area (Å²) in [6.07, 6.45) is 0.382. The van der Waals surface area contributed by atoms with Gasteiger partial charge in [-0.2, -0.15) is 5.06 Å². The molecule has 0 bridgehead atoms. The van der Waals surface area contributed by atoms with Gasteiger partial charge in [-0.05, 0) is 12.5 Å². The lowest BCUT2D eigenvalue weighted by molar-refractivity contribution is -0.178. The minimum absolute atomic E-state index is 0.0438. The first-order valence-electron chi connectivity index (χ1n) is 7.92. The molecule has 0 unspecified atom stereocenters. The molecule has 1 fully saturated rings. The topological polar surface area (TPSA) is 71.9 Å². The molecule has 0 aliphatic carbocycles. The average Bonchev–Trinajstić information content (AvgIpc) is 3.22. The number of hydroxylamine groups is 2. The predicted molar refractivity (Wildman–Crippen MR) is 89.4 cm³/mol. The Kier molecular flexibility index (Phi) is 5.57. The highest BCUT2D eigenvalue weighted by atomic mass is 32.1. The summed E-state index contributed by atoms with van der Waals surface area (Å²) in [4.78, 5) is 22.0. The third-order valence-corrected chi connectivity index (χ3v) is 4.74. The summed E-state index contributed by atoms with van der Waals surface area (Å²) >= 11 is 1.41. The molecule has 0 spiro atoms. The van der Waals surface area contributed by atoms with Crippen LogP contribution in [0.2, 0.25) is 0 Å². The number of aliphatic hydroxyl groups is 1. The van der Waals surface area contributed by atoms with E-state index in [1.807, 2.05) is 35.4 Å². The molecule has 2 heterocycles. The molecular formula is C17H20N2O4S. The molecule has 1 N–H and O–H groups in total. The standard InChI is InChI=1S/C17H20N2O4S/c1-2-22-17(21)14-11-24-16(18-14)15-8-13(10-20)23-19(15)9-12-6-4-3-5-7-12/h3-7,11,13,15,20H,2,8-10H2,1H3/t13-,15+/m0/s1. The van der Waals surface area contributed by atoms with Crippen molar-refractivity contribution in [2.45, 2.75) is 32.0 Å². The zero-order chi connectivity index (χ0) is 16.9. The fourth-order valence-electron chi connectivity index (χ4n) is 2.66. The molecule has 2 aromatic rings. The SMILES string of the molecule is CCOC(=O)c1csc([C@H]2C[C@@H](CO)ON2Cc2ccccc2)n1. The molecule has 7 heteroatoms. The van der Waals surface area contributed by atoms with Crippen LogP contribution in [0.3, 0.4) is 0 Å². The summed E-state index contributed by atoms with van der Waals surface area (Å²) < 4.78 is 4.99. The maximum absolute atomic E-state index is 11.8. The van der Waals surface area contributed by atoms with Gasteiger partial charge >= 0.3 is 5.97 Å². The highest BCUT2D eigenvalue weighted by Gasteiger charge is 2.36. The van der Waals surface area contributed by atoms with E-state index in [9.17, 15) is 9.90 Å². The number of ether oxygens (including phenoxy) is 1. The van der Waals surface area contributed by atoms with Crippen LogP contribution in [-0.4, -0.2) is 40.4 Å². The summed E-state index contributed by atoms with van der Waals surface area (Å²) in [6.45, 7) is 2.64. The number of rotatable bonds is 6. The van der Waals surface area contributed by atoms with Crippen molar-refractivity contribution in [3.05, 3.63) is 52.0 Å². The Bertz CT molecular complexity index is 676. The van der Waals surface area contributed by atoms with Crippen LogP contribution in [0.4, 0.5) is 0 Å². The summed E-state index contributed by atoms with van der Waals surface area (Å²) in [5.41, 5.74) is 1.44. The highest BCUT2D eigenvalue weighted by molar-refractivity contribution is 7.09. The molecule has 128 valence electrons. The maximum atomic E-state index is 11.8. The maximum Gasteiger partial charge on any atom is 0.357 e. The number of benzene rings is 1. The number of carbonyl (C=O) groups is 1. The summed E-state index contributed by atoms with van der Waals surface area (Å²) in [5, 5.41) is 13.8. The van der Waals surface area contributed by atoms with Crippen molar-refractivity contribution in [2.75, 3.05) is 13.2 Å². The van der Waals surface area contributed by atoms with Crippen LogP contribution >= 0.6 is 11.3 Å². The Morgan fingerprint density at radius 2 is 2.25 bits per heavy atom. The number of aromatic nitrogens is 1. The number of nitrogens with zero attached hydrogens (tertiary/aromatic N) is 2. The van der Waals surface area contributed by atoms with Crippen molar-refractivity contribution >= 4 is 17.3 Å². The second-order valence-electron chi connectivity index (χ2n) is 5.51. The molecule has 1 aromatic carbocycles. The Morgan fingerprint density at radius 1 is 1.46 bits per heavy atom. The van der Waals surface area contributed by atoms with Crippen LogP contribution in [0.1, 0.15) is 40.4 Å². The molecular weight excluding hydrogens is 328 g/mol. The van der Waals surface area contributed by atoms with E-state index in [2.05, 4.69) is 4.98 Å². The third kappa shape index (κ3) is 3.81. The first-order chi connectivity index (χ1) is 11.7. The summed E-state index contributed by atoms with van der Waals surface area (Å²) in [5.74, 6) is -0.410. The average molecular weight is 348 g/mol. The largest absolute Gasteiger partial charge is 0.461 e. The number of esters is 1. The normalized spacial score (nSPS) is 21.1. The minimum Gasteiger partial charge on any atom is -0.461 e. The molecule has 1 aliphatic rings. The van der Waals surface area contributed by atoms with Crippen molar-refractivity contribution in [3.63, 3.8) is 0 Å². The monoisotopic (exact) mass is 348 g/mol. The van der Waals surface area contributed by atoms with Gasteiger partial charge in [0.25, 0.3) is 0 Å². The van der Waals surface area contributed by atoms with Crippen molar-refractivity contribution in [1.29, 1.82) is 0 Å². The molecule has 0 amide bonds. The predicted octanol–water partition coefficient (Wildman–Crippen LogP) is 2.56. The van der Waals surface area contributed by atoms with Gasteiger partial charge < -0.3 is 9.84 Å². The fraction of sp³-hybridized carbons (Fsp3) is 0.412. The Morgan fingerprint density at radius 3 is 2.96 bits per heavy atom. The van der Waals surface area contributed by atoms with Gasteiger partial charge in [-0.25, -0.2) is 9.78 Å². The molecule has 1 aliphatic heterocycles. The first-order valence-corrected chi connectivity index (χ1v) is 8.80. The van der Waals surface area contributed by atoms with E-state index in [1.165, 1.54) is 11.3 Å². The quantitative estimate of drug-likeness (QED) is 0.809. The number of hydrogen-bond acceptors (Lipinski definition) is 7. The Balaban J connectivity index is 1.77. The zero-order valence-corrected chi connectivity index (χ0v) is 14.2. The second kappa shape index (κ2) is 7.85. The lowest BCUT2D eigenvalue weighted by atomic mass is 10.1. The highest BCUT2D eigenvalue weighted by Crippen LogP contribution is 2.36. The third-order valence-electron chi connectivity index (χ3n) is 3.79. The van der Waals surface area contributed by atoms with Crippen molar-refractivity contribution in [2.24, 2.45) is 0 Å². The van der Waals surface area contributed by atoms with Crippen molar-refractivity contribution in [3.8, 4) is 0 Å². The molecule has 0 radical (unpaired) electrons. The number of hydrogen-bond donors (Lipinski definition) is 1. The molecule has 24 heavy (non-hydrogen) atoms. The Hall–Kier alpha value is -1.80. The van der Waals surface area contributed by atoms with E-state index in [0.29, 0.717) is 25.3 Å². The number of thiazole rings is 1. The van der Waals surface area contributed by atoms with Gasteiger partial charge in [0.05, 0.1) is 19.3 Å². The lowest BCUT2D eigenvalue weighted by Crippen LogP contribution is -2.23. The smallest absolute Gasteiger partial charge is 0.357 e. The van der Waals surface area contributed by atoms with E-state index >= 15 is 0 Å². The summed E-state index contributed by atoms with van der Waals surface area (Å²) in [7, 11) is 0. The second-order valence-corrected chi connectivity index (χ2v) is 6.40. The van der Waals surface area contributed by atoms with Crippen LogP contribution < -0.4 is 0 Å². The first kappa shape index (κ1) is 17.0. The van der Waals surface area contributed by atoms with E-state index in [-0.39, 0.29) is 18.8 Å². The van der Waals surface area contributed by atoms with E-state index in [4.69, 9.17) is 9.57 Å². The van der Waals surface area contributed by atoms with Crippen molar-refractivity contribution in [1.82, 2.24) is 10.0 Å². The van der Waals surface area contributed by atoms with Crippen LogP contribution in [0.25, 0.3) is 0 Å². The molecule has 1 aromatic heterocycles. The van der Waals surface area contributed by atoms with Gasteiger partial charge in [0.2, 0.25) is 0 Å². The molecule has 0 saturated carbocycles. The van der Waals surface area contributed by atoms with Crippen molar-refractivity contribution < 1.29 is 19.5 Å². The van der Waals surface area contributed by atoms with Crippen LogP contribution in [0, 0.1) is 0 Å². The summed E-state index contributed by atoms with van der Waals surface area (Å²) in [6, 6.07) is 9.89. The van der Waals surface area contributed by atoms with E-state index in [1.54, 1.807) is 12.3 Å². The molecule has 2 atom stereocenters. The number of carbonyl (C=O) groups excluding carboxylic acids is 1. The zero-order valence-electron chi connectivity index (χ0n) is 13.4. The van der Waals surface area contributed by atoms with Gasteiger partial charge in [0.1, 0.15) is 11.1 Å². The van der Waals surface area contributed by atoms with Gasteiger partial charge in [-0.3, -0.25) is 4.84 Å². The minimum atomic E-state index is -0.410. The van der Waals surface area contributed by atoms with Crippen LogP contribution in [0.15, 0.2) is 35.7 Å². The lowest BCUT2D eigenvalue weighted by Gasteiger charge is -2.21. The van der Waals surface area contributed by atoms with E-state index in [0.717, 1.165) is 10.6 Å². The Labute approximate surface area is 144 Å². The van der Waals surface area contributed by atoms with Gasteiger partial charge in [0, 0.05) is 18.3 Å². The van der Waals surface area contributed by atoms with Crippen LogP contribution in [-0.2, 0) is 16.1 Å². The van der Waals surface area contributed by atoms with Crippen LogP contribution in [0.5, 0.6) is 0 Å². The van der Waals surface area contributed by atoms with Gasteiger partial charge in [-0.15, -0.1) is 11.3 Å². The molecule has 1 saturated heterocycles. The fourth-order valence-corrected chi connectivity index (χ4v) is 3.56. The van der Waals surface area contributed by atoms with Gasteiger partial charge in [-0.1, -0.05) is 30.3 Å². The number of aliphatic hydroxyl groups excluding tert-OH is 1.